The molecule has 1 rings (SSSR count). The molecule has 1 aromatic heterocycles. The summed E-state index contributed by atoms with van der Waals surface area (Å²) in [6, 6.07) is 0.692. The van der Waals surface area contributed by atoms with Crippen molar-refractivity contribution in [3.8, 4) is 5.75 Å². The molecule has 0 spiro atoms. The Labute approximate surface area is 89.5 Å². The van der Waals surface area contributed by atoms with Crippen molar-refractivity contribution >= 4 is 11.8 Å². The second kappa shape index (κ2) is 4.30. The van der Waals surface area contributed by atoms with Crippen molar-refractivity contribution in [2.75, 3.05) is 0 Å². The average Bonchev–Trinajstić information content (AvgIpc) is 2.05. The van der Waals surface area contributed by atoms with Crippen molar-refractivity contribution in [3.63, 3.8) is 0 Å². The highest BCUT2D eigenvalue weighted by atomic mass is 32.2. The zero-order chi connectivity index (χ0) is 11.6. The van der Waals surface area contributed by atoms with Gasteiger partial charge >= 0.3 is 6.18 Å². The smallest absolute Gasteiger partial charge is 0.418 e. The predicted octanol–water partition coefficient (Wildman–Crippen LogP) is 3.31. The Morgan fingerprint density at radius 3 is 2.40 bits per heavy atom. The lowest BCUT2D eigenvalue weighted by Gasteiger charge is -2.09. The summed E-state index contributed by atoms with van der Waals surface area (Å²) in [7, 11) is 0. The second-order valence-corrected chi connectivity index (χ2v) is 4.78. The lowest BCUT2D eigenvalue weighted by atomic mass is 10.3. The number of alkyl halides is 3. The summed E-state index contributed by atoms with van der Waals surface area (Å²) in [6.07, 6.45) is -3.74. The molecule has 0 saturated carbocycles. The van der Waals surface area contributed by atoms with Crippen LogP contribution >= 0.6 is 11.8 Å². The minimum atomic E-state index is -4.47. The van der Waals surface area contributed by atoms with Gasteiger partial charge in [0.25, 0.3) is 0 Å². The van der Waals surface area contributed by atoms with Gasteiger partial charge in [-0.1, -0.05) is 25.6 Å². The summed E-state index contributed by atoms with van der Waals surface area (Å²) in [5.74, 6) is -0.427. The number of aromatic hydroxyl groups is 1. The van der Waals surface area contributed by atoms with E-state index >= 15 is 0 Å². The SMILES string of the molecule is CC(C)Sc1ncc(C(F)(F)F)cc1O. The van der Waals surface area contributed by atoms with Gasteiger partial charge in [-0.25, -0.2) is 4.98 Å². The number of halogens is 3. The topological polar surface area (TPSA) is 33.1 Å². The summed E-state index contributed by atoms with van der Waals surface area (Å²) in [6.45, 7) is 3.73. The fraction of sp³-hybridized carbons (Fsp3) is 0.444. The monoisotopic (exact) mass is 237 g/mol. The second-order valence-electron chi connectivity index (χ2n) is 3.21. The van der Waals surface area contributed by atoms with E-state index in [9.17, 15) is 18.3 Å². The third-order valence-corrected chi connectivity index (χ3v) is 2.52. The Hall–Kier alpha value is -0.910. The maximum absolute atomic E-state index is 12.2. The van der Waals surface area contributed by atoms with Crippen LogP contribution in [-0.2, 0) is 6.18 Å². The largest absolute Gasteiger partial charge is 0.505 e. The highest BCUT2D eigenvalue weighted by Crippen LogP contribution is 2.35. The van der Waals surface area contributed by atoms with E-state index in [4.69, 9.17) is 0 Å². The molecule has 0 aliphatic heterocycles. The fourth-order valence-corrected chi connectivity index (χ4v) is 1.65. The molecular formula is C9H10F3NOS. The van der Waals surface area contributed by atoms with Gasteiger partial charge in [0.1, 0.15) is 10.8 Å². The van der Waals surface area contributed by atoms with Crippen molar-refractivity contribution in [1.29, 1.82) is 0 Å². The number of nitrogens with zero attached hydrogens (tertiary/aromatic N) is 1. The standard InChI is InChI=1S/C9H10F3NOS/c1-5(2)15-8-7(14)3-6(4-13-8)9(10,11)12/h3-5,14H,1-2H3. The number of aromatic nitrogens is 1. The van der Waals surface area contributed by atoms with Gasteiger partial charge in [0.2, 0.25) is 0 Å². The quantitative estimate of drug-likeness (QED) is 0.801. The number of hydrogen-bond acceptors (Lipinski definition) is 3. The van der Waals surface area contributed by atoms with Crippen molar-refractivity contribution in [1.82, 2.24) is 4.98 Å². The van der Waals surface area contributed by atoms with Gasteiger partial charge in [0, 0.05) is 11.4 Å². The van der Waals surface area contributed by atoms with Crippen LogP contribution in [0.15, 0.2) is 17.3 Å². The molecule has 0 unspecified atom stereocenters. The van der Waals surface area contributed by atoms with Crippen molar-refractivity contribution in [2.24, 2.45) is 0 Å². The van der Waals surface area contributed by atoms with Crippen molar-refractivity contribution < 1.29 is 18.3 Å². The molecule has 0 aliphatic rings. The highest BCUT2D eigenvalue weighted by Gasteiger charge is 2.31. The van der Waals surface area contributed by atoms with E-state index in [0.29, 0.717) is 6.07 Å². The maximum atomic E-state index is 12.2. The van der Waals surface area contributed by atoms with E-state index in [2.05, 4.69) is 4.98 Å². The summed E-state index contributed by atoms with van der Waals surface area (Å²) >= 11 is 1.22. The molecule has 0 radical (unpaired) electrons. The van der Waals surface area contributed by atoms with Crippen LogP contribution in [0.2, 0.25) is 0 Å². The van der Waals surface area contributed by atoms with E-state index in [-0.39, 0.29) is 10.3 Å². The third kappa shape index (κ3) is 3.30. The fourth-order valence-electron chi connectivity index (χ4n) is 0.910. The molecule has 0 saturated heterocycles. The molecule has 15 heavy (non-hydrogen) atoms. The molecule has 1 N–H and O–H groups in total. The lowest BCUT2D eigenvalue weighted by molar-refractivity contribution is -0.138. The molecule has 0 bridgehead atoms. The molecule has 0 aromatic carbocycles. The Morgan fingerprint density at radius 1 is 1.40 bits per heavy atom. The molecular weight excluding hydrogens is 227 g/mol. The first kappa shape index (κ1) is 12.2. The van der Waals surface area contributed by atoms with Gasteiger partial charge < -0.3 is 5.11 Å². The van der Waals surface area contributed by atoms with Crippen LogP contribution in [0.4, 0.5) is 13.2 Å². The summed E-state index contributed by atoms with van der Waals surface area (Å²) < 4.78 is 36.6. The number of pyridine rings is 1. The Bertz CT molecular complexity index is 352. The third-order valence-electron chi connectivity index (χ3n) is 1.51. The molecule has 6 heteroatoms. The highest BCUT2D eigenvalue weighted by molar-refractivity contribution is 7.99. The Kier molecular flexibility index (Phi) is 3.49. The van der Waals surface area contributed by atoms with E-state index in [1.807, 2.05) is 13.8 Å². The molecule has 0 amide bonds. The summed E-state index contributed by atoms with van der Waals surface area (Å²) in [5, 5.41) is 9.69. The first-order valence-electron chi connectivity index (χ1n) is 4.23. The number of rotatable bonds is 2. The number of thioether (sulfide) groups is 1. The van der Waals surface area contributed by atoms with E-state index in [1.54, 1.807) is 0 Å². The molecule has 0 fully saturated rings. The van der Waals surface area contributed by atoms with Crippen LogP contribution in [0.25, 0.3) is 0 Å². The van der Waals surface area contributed by atoms with Crippen LogP contribution in [0.3, 0.4) is 0 Å². The number of hydrogen-bond donors (Lipinski definition) is 1. The van der Waals surface area contributed by atoms with Gasteiger partial charge in [-0.2, -0.15) is 13.2 Å². The Balaban J connectivity index is 2.98. The minimum absolute atomic E-state index is 0.153. The van der Waals surface area contributed by atoms with Gasteiger partial charge in [-0.05, 0) is 6.07 Å². The van der Waals surface area contributed by atoms with Crippen molar-refractivity contribution in [2.45, 2.75) is 30.3 Å². The molecule has 0 aliphatic carbocycles. The lowest BCUT2D eigenvalue weighted by Crippen LogP contribution is -2.05. The zero-order valence-electron chi connectivity index (χ0n) is 8.17. The van der Waals surface area contributed by atoms with Crippen LogP contribution in [-0.4, -0.2) is 15.3 Å². The van der Waals surface area contributed by atoms with E-state index in [1.165, 1.54) is 11.8 Å². The van der Waals surface area contributed by atoms with Gasteiger partial charge in [0.05, 0.1) is 5.56 Å². The minimum Gasteiger partial charge on any atom is -0.505 e. The van der Waals surface area contributed by atoms with Gasteiger partial charge in [-0.3, -0.25) is 0 Å². The summed E-state index contributed by atoms with van der Waals surface area (Å²) in [5.41, 5.74) is -0.937. The van der Waals surface area contributed by atoms with Crippen LogP contribution in [0, 0.1) is 0 Å². The van der Waals surface area contributed by atoms with E-state index < -0.39 is 17.5 Å². The Morgan fingerprint density at radius 2 is 2.00 bits per heavy atom. The first-order valence-corrected chi connectivity index (χ1v) is 5.11. The van der Waals surface area contributed by atoms with Crippen molar-refractivity contribution in [3.05, 3.63) is 17.8 Å². The normalized spacial score (nSPS) is 12.1. The van der Waals surface area contributed by atoms with Gasteiger partial charge in [-0.15, -0.1) is 0 Å². The molecule has 1 aromatic rings. The zero-order valence-corrected chi connectivity index (χ0v) is 8.99. The molecule has 2 nitrogen and oxygen atoms in total. The first-order chi connectivity index (χ1) is 6.80. The predicted molar refractivity (Wildman–Crippen MR) is 51.9 cm³/mol. The van der Waals surface area contributed by atoms with E-state index in [0.717, 1.165) is 6.20 Å². The van der Waals surface area contributed by atoms with Crippen LogP contribution in [0.5, 0.6) is 5.75 Å². The van der Waals surface area contributed by atoms with Crippen LogP contribution in [0.1, 0.15) is 19.4 Å². The molecule has 0 atom stereocenters. The molecule has 84 valence electrons. The average molecular weight is 237 g/mol. The maximum Gasteiger partial charge on any atom is 0.418 e. The van der Waals surface area contributed by atoms with Crippen LogP contribution < -0.4 is 0 Å². The summed E-state index contributed by atoms with van der Waals surface area (Å²) in [4.78, 5) is 3.58. The van der Waals surface area contributed by atoms with Gasteiger partial charge in [0.15, 0.2) is 0 Å². The molecule has 1 heterocycles.